The quantitative estimate of drug-likeness (QED) is 0.199. The van der Waals surface area contributed by atoms with E-state index in [0.29, 0.717) is 5.02 Å². The minimum absolute atomic E-state index is 0.681. The molecule has 0 radical (unpaired) electrons. The van der Waals surface area contributed by atoms with Crippen molar-refractivity contribution in [2.75, 3.05) is 0 Å². The summed E-state index contributed by atoms with van der Waals surface area (Å²) in [5.41, 5.74) is 6.35. The number of fused-ring (bicyclic) bond motifs is 4. The van der Waals surface area contributed by atoms with E-state index in [1.165, 1.54) is 32.7 Å². The lowest BCUT2D eigenvalue weighted by atomic mass is 9.98. The zero-order valence-corrected chi connectivity index (χ0v) is 24.7. The monoisotopic (exact) mass is 588 g/mol. The van der Waals surface area contributed by atoms with Crippen molar-refractivity contribution in [2.24, 2.45) is 0 Å². The van der Waals surface area contributed by atoms with Crippen molar-refractivity contribution >= 4 is 55.8 Å². The molecule has 4 heteroatoms. The van der Waals surface area contributed by atoms with Gasteiger partial charge < -0.3 is 0 Å². The molecule has 0 fully saturated rings. The Morgan fingerprint density at radius 2 is 1.19 bits per heavy atom. The Bertz CT molecular complexity index is 2270. The summed E-state index contributed by atoms with van der Waals surface area (Å²) in [7, 11) is 0. The molecule has 1 aromatic heterocycles. The number of hydrogen-bond donors (Lipinski definition) is 0. The highest BCUT2D eigenvalue weighted by atomic mass is 35.5. The van der Waals surface area contributed by atoms with Crippen LogP contribution >= 0.6 is 23.4 Å². The minimum atomic E-state index is 0.681. The lowest BCUT2D eigenvalue weighted by Crippen LogP contribution is -1.98. The molecule has 7 aromatic carbocycles. The molecule has 1 heterocycles. The van der Waals surface area contributed by atoms with Crippen LogP contribution in [0.5, 0.6) is 0 Å². The van der Waals surface area contributed by atoms with Crippen molar-refractivity contribution in [1.29, 1.82) is 0 Å². The van der Waals surface area contributed by atoms with Gasteiger partial charge in [-0.1, -0.05) is 151 Å². The van der Waals surface area contributed by atoms with Gasteiger partial charge in [-0.3, -0.25) is 0 Å². The third-order valence-corrected chi connectivity index (χ3v) is 9.62. The summed E-state index contributed by atoms with van der Waals surface area (Å²) in [6.45, 7) is 0. The summed E-state index contributed by atoms with van der Waals surface area (Å²) in [5, 5.41) is 11.8. The van der Waals surface area contributed by atoms with Crippen LogP contribution in [-0.4, -0.2) is 9.78 Å². The SMILES string of the molecule is Clc1c(Sc2ccc(-c3ccccc3)c3ccccc23)cccc1-n1nc(-c2ccccc2)c2c3ccccc3ccc21. The van der Waals surface area contributed by atoms with Crippen LogP contribution in [0.1, 0.15) is 0 Å². The van der Waals surface area contributed by atoms with Crippen LogP contribution in [0, 0.1) is 0 Å². The van der Waals surface area contributed by atoms with E-state index in [4.69, 9.17) is 16.7 Å². The normalized spacial score (nSPS) is 11.5. The fourth-order valence-corrected chi connectivity index (χ4v) is 7.28. The number of benzene rings is 7. The summed E-state index contributed by atoms with van der Waals surface area (Å²) < 4.78 is 2.01. The molecule has 0 aliphatic heterocycles. The molecule has 8 rings (SSSR count). The molecule has 0 amide bonds. The largest absolute Gasteiger partial charge is 0.231 e. The van der Waals surface area contributed by atoms with Gasteiger partial charge in [0.05, 0.1) is 16.2 Å². The van der Waals surface area contributed by atoms with Gasteiger partial charge in [0.2, 0.25) is 0 Å². The average molecular weight is 589 g/mol. The predicted molar refractivity (Wildman–Crippen MR) is 183 cm³/mol. The number of halogens is 1. The molecular formula is C39H25ClN2S. The maximum Gasteiger partial charge on any atom is 0.101 e. The number of rotatable bonds is 5. The smallest absolute Gasteiger partial charge is 0.101 e. The Kier molecular flexibility index (Phi) is 6.48. The van der Waals surface area contributed by atoms with Gasteiger partial charge in [0.25, 0.3) is 0 Å². The summed E-state index contributed by atoms with van der Waals surface area (Å²) in [6.07, 6.45) is 0. The Balaban J connectivity index is 1.28. The van der Waals surface area contributed by atoms with Crippen molar-refractivity contribution in [3.8, 4) is 28.1 Å². The van der Waals surface area contributed by atoms with Crippen LogP contribution in [0.4, 0.5) is 0 Å². The predicted octanol–water partition coefficient (Wildman–Crippen LogP) is 11.5. The van der Waals surface area contributed by atoms with Crippen LogP contribution in [-0.2, 0) is 0 Å². The lowest BCUT2D eigenvalue weighted by Gasteiger charge is -2.14. The van der Waals surface area contributed by atoms with Gasteiger partial charge >= 0.3 is 0 Å². The second-order valence-corrected chi connectivity index (χ2v) is 12.0. The Morgan fingerprint density at radius 1 is 0.512 bits per heavy atom. The zero-order valence-electron chi connectivity index (χ0n) is 23.1. The highest BCUT2D eigenvalue weighted by molar-refractivity contribution is 7.99. The lowest BCUT2D eigenvalue weighted by molar-refractivity contribution is 0.911. The van der Waals surface area contributed by atoms with Gasteiger partial charge in [0.1, 0.15) is 5.69 Å². The molecule has 0 saturated carbocycles. The molecular weight excluding hydrogens is 564 g/mol. The molecule has 0 bridgehead atoms. The summed E-state index contributed by atoms with van der Waals surface area (Å²) >= 11 is 8.96. The number of aromatic nitrogens is 2. The van der Waals surface area contributed by atoms with E-state index in [2.05, 4.69) is 146 Å². The first-order chi connectivity index (χ1) is 21.3. The summed E-state index contributed by atoms with van der Waals surface area (Å²) in [4.78, 5) is 2.15. The van der Waals surface area contributed by atoms with E-state index in [9.17, 15) is 0 Å². The highest BCUT2D eigenvalue weighted by Gasteiger charge is 2.19. The van der Waals surface area contributed by atoms with Crippen molar-refractivity contribution in [2.45, 2.75) is 9.79 Å². The van der Waals surface area contributed by atoms with E-state index >= 15 is 0 Å². The molecule has 0 unspecified atom stereocenters. The van der Waals surface area contributed by atoms with Crippen molar-refractivity contribution < 1.29 is 0 Å². The van der Waals surface area contributed by atoms with Crippen molar-refractivity contribution in [3.63, 3.8) is 0 Å². The Labute approximate surface area is 259 Å². The van der Waals surface area contributed by atoms with Gasteiger partial charge in [-0.05, 0) is 56.9 Å². The third-order valence-electron chi connectivity index (χ3n) is 7.98. The topological polar surface area (TPSA) is 17.8 Å². The second-order valence-electron chi connectivity index (χ2n) is 10.5. The average Bonchev–Trinajstić information content (AvgIpc) is 3.47. The molecule has 8 aromatic rings. The second kappa shape index (κ2) is 10.8. The third kappa shape index (κ3) is 4.49. The molecule has 0 aliphatic carbocycles. The standard InChI is InChI=1S/C39H25ClN2S/c40-38-34(42-33-24-22-27-14-7-8-17-30(27)37(33)39(41-42)28-15-5-2-6-16-28)20-11-21-36(38)43-35-25-23-29(26-12-3-1-4-13-26)31-18-9-10-19-32(31)35/h1-25H. The van der Waals surface area contributed by atoms with Crippen molar-refractivity contribution in [1.82, 2.24) is 9.78 Å². The van der Waals surface area contributed by atoms with Gasteiger partial charge in [-0.2, -0.15) is 5.10 Å². The van der Waals surface area contributed by atoms with E-state index in [1.54, 1.807) is 11.8 Å². The van der Waals surface area contributed by atoms with Crippen LogP contribution in [0.2, 0.25) is 5.02 Å². The van der Waals surface area contributed by atoms with Crippen LogP contribution < -0.4 is 0 Å². The molecule has 0 spiro atoms. The molecule has 2 nitrogen and oxygen atoms in total. The molecule has 0 N–H and O–H groups in total. The van der Waals surface area contributed by atoms with Crippen molar-refractivity contribution in [3.05, 3.63) is 157 Å². The van der Waals surface area contributed by atoms with E-state index in [-0.39, 0.29) is 0 Å². The van der Waals surface area contributed by atoms with Crippen LogP contribution in [0.3, 0.4) is 0 Å². The number of hydrogen-bond acceptors (Lipinski definition) is 2. The maximum absolute atomic E-state index is 7.26. The fraction of sp³-hybridized carbons (Fsp3) is 0. The van der Waals surface area contributed by atoms with Gasteiger partial charge in [0.15, 0.2) is 0 Å². The number of nitrogens with zero attached hydrogens (tertiary/aromatic N) is 2. The van der Waals surface area contributed by atoms with Gasteiger partial charge in [-0.15, -0.1) is 0 Å². The minimum Gasteiger partial charge on any atom is -0.231 e. The molecule has 0 aliphatic rings. The van der Waals surface area contributed by atoms with Crippen LogP contribution in [0.15, 0.2) is 161 Å². The first kappa shape index (κ1) is 25.8. The summed E-state index contributed by atoms with van der Waals surface area (Å²) in [5.74, 6) is 0. The van der Waals surface area contributed by atoms with E-state index in [1.807, 2.05) is 10.7 Å². The Hall–Kier alpha value is -4.83. The van der Waals surface area contributed by atoms with E-state index in [0.717, 1.165) is 37.6 Å². The van der Waals surface area contributed by atoms with Gasteiger partial charge in [-0.25, -0.2) is 4.68 Å². The van der Waals surface area contributed by atoms with E-state index < -0.39 is 0 Å². The maximum atomic E-state index is 7.26. The van der Waals surface area contributed by atoms with Gasteiger partial charge in [0, 0.05) is 20.7 Å². The summed E-state index contributed by atoms with van der Waals surface area (Å²) in [6, 6.07) is 53.0. The molecule has 0 saturated heterocycles. The highest BCUT2D eigenvalue weighted by Crippen LogP contribution is 2.43. The first-order valence-electron chi connectivity index (χ1n) is 14.3. The van der Waals surface area contributed by atoms with Crippen LogP contribution in [0.25, 0.3) is 60.5 Å². The zero-order chi connectivity index (χ0) is 28.8. The first-order valence-corrected chi connectivity index (χ1v) is 15.5. The molecule has 0 atom stereocenters. The molecule has 43 heavy (non-hydrogen) atoms. The Morgan fingerprint density at radius 3 is 1.98 bits per heavy atom. The fourth-order valence-electron chi connectivity index (χ4n) is 5.96. The molecule has 204 valence electrons.